The SMILES string of the molecule is COC[C@@H]1CCCN1Cc1sc(NC(=O)c2cnc(N3CCC(C(=O)O)CC3)cn2)nc1-c1ccc(C(F)(F)F)c(OC)c1. The van der Waals surface area contributed by atoms with Crippen molar-refractivity contribution >= 4 is 34.2 Å². The predicted molar refractivity (Wildman–Crippen MR) is 157 cm³/mol. The minimum atomic E-state index is -4.58. The number of hydrogen-bond donors (Lipinski definition) is 2. The van der Waals surface area contributed by atoms with E-state index in [1.54, 1.807) is 7.11 Å². The van der Waals surface area contributed by atoms with Gasteiger partial charge in [-0.1, -0.05) is 17.4 Å². The fourth-order valence-corrected chi connectivity index (χ4v) is 6.60. The second kappa shape index (κ2) is 13.4. The number of halogens is 3. The molecule has 15 heteroatoms. The Bertz CT molecular complexity index is 1480. The third-order valence-electron chi connectivity index (χ3n) is 7.94. The van der Waals surface area contributed by atoms with Gasteiger partial charge in [-0.2, -0.15) is 13.2 Å². The van der Waals surface area contributed by atoms with Crippen LogP contribution in [0.1, 0.15) is 46.6 Å². The van der Waals surface area contributed by atoms with Gasteiger partial charge in [-0.05, 0) is 44.4 Å². The van der Waals surface area contributed by atoms with E-state index in [1.807, 2.05) is 4.90 Å². The van der Waals surface area contributed by atoms with E-state index in [-0.39, 0.29) is 28.5 Å². The molecular formula is C29H33F3N6O5S. The Balaban J connectivity index is 1.37. The van der Waals surface area contributed by atoms with Gasteiger partial charge < -0.3 is 19.5 Å². The Labute approximate surface area is 256 Å². The third-order valence-corrected chi connectivity index (χ3v) is 8.90. The van der Waals surface area contributed by atoms with Crippen LogP contribution in [0.4, 0.5) is 24.1 Å². The Morgan fingerprint density at radius 2 is 1.89 bits per heavy atom. The highest BCUT2D eigenvalue weighted by molar-refractivity contribution is 7.16. The summed E-state index contributed by atoms with van der Waals surface area (Å²) in [6.07, 6.45) is 1.21. The number of piperidine rings is 1. The van der Waals surface area contributed by atoms with Gasteiger partial charge >= 0.3 is 12.1 Å². The zero-order valence-electron chi connectivity index (χ0n) is 24.3. The number of nitrogens with one attached hydrogen (secondary N) is 1. The average molecular weight is 635 g/mol. The number of carboxylic acids is 1. The van der Waals surface area contributed by atoms with Crippen LogP contribution < -0.4 is 15.0 Å². The zero-order chi connectivity index (χ0) is 31.4. The number of ether oxygens (including phenoxy) is 2. The molecule has 11 nitrogen and oxygen atoms in total. The number of hydrogen-bond acceptors (Lipinski definition) is 10. The number of aromatic nitrogens is 3. The van der Waals surface area contributed by atoms with Crippen LogP contribution in [-0.4, -0.2) is 83.3 Å². The molecule has 0 spiro atoms. The van der Waals surface area contributed by atoms with E-state index < -0.39 is 23.6 Å². The largest absolute Gasteiger partial charge is 0.496 e. The van der Waals surface area contributed by atoms with Gasteiger partial charge in [0.05, 0.1) is 43.3 Å². The van der Waals surface area contributed by atoms with Crippen molar-refractivity contribution < 1.29 is 37.3 Å². The van der Waals surface area contributed by atoms with Gasteiger partial charge in [0.25, 0.3) is 5.91 Å². The van der Waals surface area contributed by atoms with Gasteiger partial charge in [-0.25, -0.2) is 15.0 Å². The molecule has 0 radical (unpaired) electrons. The number of amides is 1. The highest BCUT2D eigenvalue weighted by Gasteiger charge is 2.35. The first kappa shape index (κ1) is 31.6. The van der Waals surface area contributed by atoms with Crippen LogP contribution in [0.2, 0.25) is 0 Å². The molecule has 5 rings (SSSR count). The van der Waals surface area contributed by atoms with Crippen LogP contribution in [-0.2, 0) is 22.3 Å². The number of anilines is 2. The second-order valence-corrected chi connectivity index (χ2v) is 11.8. The first-order chi connectivity index (χ1) is 21.1. The van der Waals surface area contributed by atoms with Crippen molar-refractivity contribution in [3.63, 3.8) is 0 Å². The van der Waals surface area contributed by atoms with E-state index in [0.717, 1.165) is 30.3 Å². The van der Waals surface area contributed by atoms with Crippen molar-refractivity contribution in [1.82, 2.24) is 19.9 Å². The summed E-state index contributed by atoms with van der Waals surface area (Å²) in [4.78, 5) is 42.5. The smallest absolute Gasteiger partial charge is 0.419 e. The lowest BCUT2D eigenvalue weighted by atomic mass is 9.97. The molecule has 1 aromatic carbocycles. The minimum absolute atomic E-state index is 0.0587. The van der Waals surface area contributed by atoms with Crippen molar-refractivity contribution in [2.24, 2.45) is 5.92 Å². The highest BCUT2D eigenvalue weighted by atomic mass is 32.1. The van der Waals surface area contributed by atoms with Crippen molar-refractivity contribution in [1.29, 1.82) is 0 Å². The Morgan fingerprint density at radius 1 is 1.11 bits per heavy atom. The van der Waals surface area contributed by atoms with Gasteiger partial charge in [-0.15, -0.1) is 0 Å². The number of carboxylic acid groups (broad SMARTS) is 1. The minimum Gasteiger partial charge on any atom is -0.496 e. The van der Waals surface area contributed by atoms with E-state index >= 15 is 0 Å². The summed E-state index contributed by atoms with van der Waals surface area (Å²) in [6, 6.07) is 3.84. The summed E-state index contributed by atoms with van der Waals surface area (Å²) in [6.45, 7) is 2.92. The zero-order valence-corrected chi connectivity index (χ0v) is 25.1. The number of aliphatic carboxylic acids is 1. The molecule has 4 heterocycles. The summed E-state index contributed by atoms with van der Waals surface area (Å²) in [7, 11) is 2.83. The number of carbonyl (C=O) groups excluding carboxylic acids is 1. The van der Waals surface area contributed by atoms with Crippen LogP contribution in [0.25, 0.3) is 11.3 Å². The molecule has 3 aromatic rings. The van der Waals surface area contributed by atoms with Crippen LogP contribution in [0.15, 0.2) is 30.6 Å². The molecule has 0 aliphatic carbocycles. The fraction of sp³-hybridized carbons (Fsp3) is 0.483. The van der Waals surface area contributed by atoms with Crippen molar-refractivity contribution in [3.8, 4) is 17.0 Å². The second-order valence-electron chi connectivity index (χ2n) is 10.7. The quantitative estimate of drug-likeness (QED) is 0.321. The van der Waals surface area contributed by atoms with Crippen molar-refractivity contribution in [3.05, 3.63) is 46.7 Å². The van der Waals surface area contributed by atoms with E-state index in [1.165, 1.54) is 43.0 Å². The van der Waals surface area contributed by atoms with Crippen LogP contribution >= 0.6 is 11.3 Å². The summed E-state index contributed by atoms with van der Waals surface area (Å²) in [5.41, 5.74) is 0.0527. The molecular weight excluding hydrogens is 601 g/mol. The lowest BCUT2D eigenvalue weighted by Crippen LogP contribution is -2.36. The number of rotatable bonds is 10. The van der Waals surface area contributed by atoms with E-state index in [2.05, 4.69) is 25.2 Å². The molecule has 0 bridgehead atoms. The maximum absolute atomic E-state index is 13.5. The molecule has 0 saturated carbocycles. The van der Waals surface area contributed by atoms with Crippen LogP contribution in [0, 0.1) is 5.92 Å². The number of nitrogens with zero attached hydrogens (tertiary/aromatic N) is 5. The Kier molecular flexibility index (Phi) is 9.65. The van der Waals surface area contributed by atoms with Gasteiger partial charge in [0, 0.05) is 43.2 Å². The van der Waals surface area contributed by atoms with Gasteiger partial charge in [-0.3, -0.25) is 19.8 Å². The Hall–Kier alpha value is -3.82. The average Bonchev–Trinajstić information content (AvgIpc) is 3.63. The monoisotopic (exact) mass is 634 g/mol. The highest BCUT2D eigenvalue weighted by Crippen LogP contribution is 2.41. The number of methoxy groups -OCH3 is 2. The van der Waals surface area contributed by atoms with Crippen LogP contribution in [0.5, 0.6) is 5.75 Å². The van der Waals surface area contributed by atoms with E-state index in [0.29, 0.717) is 56.2 Å². The lowest BCUT2D eigenvalue weighted by Gasteiger charge is -2.30. The lowest BCUT2D eigenvalue weighted by molar-refractivity contribution is -0.142. The molecule has 2 aromatic heterocycles. The molecule has 2 fully saturated rings. The van der Waals surface area contributed by atoms with E-state index in [4.69, 9.17) is 9.47 Å². The van der Waals surface area contributed by atoms with Gasteiger partial charge in [0.15, 0.2) is 5.13 Å². The topological polar surface area (TPSA) is 130 Å². The van der Waals surface area contributed by atoms with E-state index in [9.17, 15) is 27.9 Å². The first-order valence-corrected chi connectivity index (χ1v) is 15.0. The maximum Gasteiger partial charge on any atom is 0.419 e. The van der Waals surface area contributed by atoms with Gasteiger partial charge in [0.1, 0.15) is 17.3 Å². The maximum atomic E-state index is 13.5. The third kappa shape index (κ3) is 7.11. The van der Waals surface area contributed by atoms with Crippen LogP contribution in [0.3, 0.4) is 0 Å². The van der Waals surface area contributed by atoms with Crippen molar-refractivity contribution in [2.45, 2.75) is 44.4 Å². The molecule has 2 aliphatic heterocycles. The molecule has 44 heavy (non-hydrogen) atoms. The molecule has 2 aliphatic rings. The summed E-state index contributed by atoms with van der Waals surface area (Å²) in [5, 5.41) is 12.2. The molecule has 1 amide bonds. The first-order valence-electron chi connectivity index (χ1n) is 14.2. The predicted octanol–water partition coefficient (Wildman–Crippen LogP) is 4.79. The summed E-state index contributed by atoms with van der Waals surface area (Å²) >= 11 is 1.24. The fourth-order valence-electron chi connectivity index (χ4n) is 5.60. The van der Waals surface area contributed by atoms with Gasteiger partial charge in [0.2, 0.25) is 0 Å². The number of thiazole rings is 1. The summed E-state index contributed by atoms with van der Waals surface area (Å²) in [5.74, 6) is -1.48. The number of carbonyl (C=O) groups is 2. The molecule has 1 atom stereocenters. The molecule has 236 valence electrons. The number of likely N-dealkylation sites (tertiary alicyclic amines) is 1. The standard InChI is InChI=1S/C29H33F3N6O5S/c1-42-16-19-4-3-9-38(19)15-23-25(18-5-6-20(29(30,31)32)22(12-18)43-2)35-28(44-23)36-26(39)21-13-34-24(14-33-21)37-10-7-17(8-11-37)27(40)41/h5-6,12-14,17,19H,3-4,7-11,15-16H2,1-2H3,(H,40,41)(H,35,36,39)/t19-/m0/s1. The molecule has 2 saturated heterocycles. The molecule has 0 unspecified atom stereocenters. The Morgan fingerprint density at radius 3 is 2.52 bits per heavy atom. The van der Waals surface area contributed by atoms with Crippen molar-refractivity contribution in [2.75, 3.05) is 50.7 Å². The summed E-state index contributed by atoms with van der Waals surface area (Å²) < 4.78 is 51.0. The normalized spacial score (nSPS) is 18.0. The number of benzene rings is 1. The molecule has 2 N–H and O–H groups in total. The number of alkyl halides is 3.